The standard InChI is InChI=1S/C14H22N2O/c1-11(2)16-8-5-14(17,6-9-16)13-10-15-7-4-12(13)3/h4,7,10-11,17H,5-6,8-9H2,1-3H3. The Morgan fingerprint density at radius 2 is 2.00 bits per heavy atom. The van der Waals surface area contributed by atoms with Gasteiger partial charge in [-0.3, -0.25) is 4.98 Å². The lowest BCUT2D eigenvalue weighted by Crippen LogP contribution is -2.45. The van der Waals surface area contributed by atoms with Crippen molar-refractivity contribution >= 4 is 0 Å². The van der Waals surface area contributed by atoms with Crippen LogP contribution in [-0.2, 0) is 5.60 Å². The van der Waals surface area contributed by atoms with Crippen LogP contribution in [0.3, 0.4) is 0 Å². The largest absolute Gasteiger partial charge is 0.385 e. The van der Waals surface area contributed by atoms with Crippen molar-refractivity contribution in [3.05, 3.63) is 29.6 Å². The van der Waals surface area contributed by atoms with E-state index in [0.29, 0.717) is 6.04 Å². The summed E-state index contributed by atoms with van der Waals surface area (Å²) in [5.41, 5.74) is 1.47. The number of nitrogens with zero attached hydrogens (tertiary/aromatic N) is 2. The maximum Gasteiger partial charge on any atom is 0.0938 e. The Morgan fingerprint density at radius 1 is 1.35 bits per heavy atom. The molecule has 1 saturated heterocycles. The molecule has 1 N–H and O–H groups in total. The number of pyridine rings is 1. The third-order valence-electron chi connectivity index (χ3n) is 3.90. The summed E-state index contributed by atoms with van der Waals surface area (Å²) in [6.45, 7) is 8.38. The number of likely N-dealkylation sites (tertiary alicyclic amines) is 1. The normalized spacial score (nSPS) is 20.8. The maximum atomic E-state index is 10.8. The van der Waals surface area contributed by atoms with Gasteiger partial charge in [0.15, 0.2) is 0 Å². The van der Waals surface area contributed by atoms with Gasteiger partial charge in [-0.25, -0.2) is 0 Å². The molecule has 1 aliphatic heterocycles. The summed E-state index contributed by atoms with van der Waals surface area (Å²) in [7, 11) is 0. The van der Waals surface area contributed by atoms with Crippen molar-refractivity contribution in [1.82, 2.24) is 9.88 Å². The summed E-state index contributed by atoms with van der Waals surface area (Å²) in [6.07, 6.45) is 5.21. The Morgan fingerprint density at radius 3 is 2.53 bits per heavy atom. The first-order valence-corrected chi connectivity index (χ1v) is 6.40. The number of aliphatic hydroxyl groups is 1. The monoisotopic (exact) mass is 234 g/mol. The van der Waals surface area contributed by atoms with Gasteiger partial charge in [0.05, 0.1) is 5.60 Å². The lowest BCUT2D eigenvalue weighted by Gasteiger charge is -2.40. The van der Waals surface area contributed by atoms with E-state index >= 15 is 0 Å². The van der Waals surface area contributed by atoms with Crippen molar-refractivity contribution in [2.24, 2.45) is 0 Å². The highest BCUT2D eigenvalue weighted by Crippen LogP contribution is 2.34. The fourth-order valence-electron chi connectivity index (χ4n) is 2.63. The van der Waals surface area contributed by atoms with Crippen molar-refractivity contribution in [1.29, 1.82) is 0 Å². The number of aryl methyl sites for hydroxylation is 1. The van der Waals surface area contributed by atoms with Gasteiger partial charge < -0.3 is 10.0 Å². The zero-order valence-corrected chi connectivity index (χ0v) is 11.0. The van der Waals surface area contributed by atoms with Crippen LogP contribution in [-0.4, -0.2) is 34.1 Å². The van der Waals surface area contributed by atoms with E-state index in [-0.39, 0.29) is 0 Å². The first kappa shape index (κ1) is 12.5. The van der Waals surface area contributed by atoms with Crippen molar-refractivity contribution in [2.75, 3.05) is 13.1 Å². The number of aromatic nitrogens is 1. The van der Waals surface area contributed by atoms with Gasteiger partial charge in [-0.15, -0.1) is 0 Å². The average molecular weight is 234 g/mol. The Labute approximate surface area is 103 Å². The molecule has 0 unspecified atom stereocenters. The van der Waals surface area contributed by atoms with Crippen LogP contribution >= 0.6 is 0 Å². The van der Waals surface area contributed by atoms with Crippen LogP contribution in [0.1, 0.15) is 37.8 Å². The molecule has 0 saturated carbocycles. The highest BCUT2D eigenvalue weighted by Gasteiger charge is 2.35. The van der Waals surface area contributed by atoms with E-state index < -0.39 is 5.60 Å². The molecule has 0 radical (unpaired) electrons. The number of hydrogen-bond donors (Lipinski definition) is 1. The third kappa shape index (κ3) is 2.50. The first-order valence-electron chi connectivity index (χ1n) is 6.40. The second-order valence-electron chi connectivity index (χ2n) is 5.35. The SMILES string of the molecule is Cc1ccncc1C1(O)CCN(C(C)C)CC1. The van der Waals surface area contributed by atoms with Crippen LogP contribution in [0, 0.1) is 6.92 Å². The molecule has 3 heteroatoms. The van der Waals surface area contributed by atoms with Gasteiger partial charge in [0.2, 0.25) is 0 Å². The number of piperidine rings is 1. The molecule has 0 aliphatic carbocycles. The Balaban J connectivity index is 2.15. The lowest BCUT2D eigenvalue weighted by molar-refractivity contribution is -0.0330. The summed E-state index contributed by atoms with van der Waals surface area (Å²) in [5, 5.41) is 10.8. The molecular formula is C14H22N2O. The molecule has 0 bridgehead atoms. The van der Waals surface area contributed by atoms with Crippen LogP contribution in [0.4, 0.5) is 0 Å². The van der Waals surface area contributed by atoms with Crippen molar-refractivity contribution in [2.45, 2.75) is 45.3 Å². The zero-order chi connectivity index (χ0) is 12.5. The van der Waals surface area contributed by atoms with E-state index in [2.05, 4.69) is 23.7 Å². The Bertz CT molecular complexity index is 382. The van der Waals surface area contributed by atoms with Gasteiger partial charge >= 0.3 is 0 Å². The Kier molecular flexibility index (Phi) is 3.50. The van der Waals surface area contributed by atoms with Crippen molar-refractivity contribution < 1.29 is 5.11 Å². The smallest absolute Gasteiger partial charge is 0.0938 e. The molecule has 2 rings (SSSR count). The first-order chi connectivity index (χ1) is 8.03. The third-order valence-corrected chi connectivity index (χ3v) is 3.90. The van der Waals surface area contributed by atoms with Gasteiger partial charge in [-0.2, -0.15) is 0 Å². The molecule has 0 atom stereocenters. The minimum absolute atomic E-state index is 0.564. The van der Waals surface area contributed by atoms with Gasteiger partial charge in [-0.05, 0) is 45.2 Å². The van der Waals surface area contributed by atoms with E-state index in [1.54, 1.807) is 6.20 Å². The van der Waals surface area contributed by atoms with Crippen LogP contribution in [0.2, 0.25) is 0 Å². The van der Waals surface area contributed by atoms with Gasteiger partial charge in [-0.1, -0.05) is 0 Å². The second-order valence-corrected chi connectivity index (χ2v) is 5.35. The Hall–Kier alpha value is -0.930. The van der Waals surface area contributed by atoms with Crippen LogP contribution in [0.25, 0.3) is 0 Å². The minimum atomic E-state index is -0.677. The highest BCUT2D eigenvalue weighted by atomic mass is 16.3. The highest BCUT2D eigenvalue weighted by molar-refractivity contribution is 5.28. The van der Waals surface area contributed by atoms with Crippen LogP contribution < -0.4 is 0 Å². The number of hydrogen-bond acceptors (Lipinski definition) is 3. The van der Waals surface area contributed by atoms with Crippen molar-refractivity contribution in [3.8, 4) is 0 Å². The molecule has 0 amide bonds. The molecule has 2 heterocycles. The fraction of sp³-hybridized carbons (Fsp3) is 0.643. The molecular weight excluding hydrogens is 212 g/mol. The topological polar surface area (TPSA) is 36.4 Å². The molecule has 3 nitrogen and oxygen atoms in total. The molecule has 1 aliphatic rings. The van der Waals surface area contributed by atoms with Crippen LogP contribution in [0.15, 0.2) is 18.5 Å². The minimum Gasteiger partial charge on any atom is -0.385 e. The fourth-order valence-corrected chi connectivity index (χ4v) is 2.63. The molecule has 1 aromatic heterocycles. The molecule has 0 aromatic carbocycles. The van der Waals surface area contributed by atoms with Gasteiger partial charge in [0.1, 0.15) is 0 Å². The predicted octanol–water partition coefficient (Wildman–Crippen LogP) is 2.08. The van der Waals surface area contributed by atoms with E-state index in [4.69, 9.17) is 0 Å². The quantitative estimate of drug-likeness (QED) is 0.851. The van der Waals surface area contributed by atoms with Gasteiger partial charge in [0, 0.05) is 37.1 Å². The molecule has 94 valence electrons. The predicted molar refractivity (Wildman–Crippen MR) is 68.8 cm³/mol. The summed E-state index contributed by atoms with van der Waals surface area (Å²) in [5.74, 6) is 0. The average Bonchev–Trinajstić information content (AvgIpc) is 2.30. The van der Waals surface area contributed by atoms with E-state index in [0.717, 1.165) is 37.1 Å². The van der Waals surface area contributed by atoms with Crippen LogP contribution in [0.5, 0.6) is 0 Å². The van der Waals surface area contributed by atoms with Crippen molar-refractivity contribution in [3.63, 3.8) is 0 Å². The summed E-state index contributed by atoms with van der Waals surface area (Å²) in [4.78, 5) is 6.56. The summed E-state index contributed by atoms with van der Waals surface area (Å²) in [6, 6.07) is 2.54. The second kappa shape index (κ2) is 4.75. The number of rotatable bonds is 2. The summed E-state index contributed by atoms with van der Waals surface area (Å²) < 4.78 is 0. The van der Waals surface area contributed by atoms with E-state index in [1.807, 2.05) is 19.2 Å². The molecule has 17 heavy (non-hydrogen) atoms. The summed E-state index contributed by atoms with van der Waals surface area (Å²) >= 11 is 0. The molecule has 1 fully saturated rings. The molecule has 0 spiro atoms. The zero-order valence-electron chi connectivity index (χ0n) is 11.0. The van der Waals surface area contributed by atoms with E-state index in [9.17, 15) is 5.11 Å². The van der Waals surface area contributed by atoms with Gasteiger partial charge in [0.25, 0.3) is 0 Å². The lowest BCUT2D eigenvalue weighted by atomic mass is 9.83. The molecule has 1 aromatic rings. The van der Waals surface area contributed by atoms with E-state index in [1.165, 1.54) is 0 Å². The maximum absolute atomic E-state index is 10.8.